The summed E-state index contributed by atoms with van der Waals surface area (Å²) in [5, 5.41) is 0. The summed E-state index contributed by atoms with van der Waals surface area (Å²) in [4.78, 5) is 18.8. The summed E-state index contributed by atoms with van der Waals surface area (Å²) < 4.78 is 5.98. The number of hydrogen-bond donors (Lipinski definition) is 1. The minimum absolute atomic E-state index is 0.172. The molecule has 0 bridgehead atoms. The third-order valence-corrected chi connectivity index (χ3v) is 3.56. The van der Waals surface area contributed by atoms with Crippen LogP contribution in [0, 0.1) is 6.92 Å². The number of aryl methyl sites for hydroxylation is 1. The Morgan fingerprint density at radius 2 is 2.00 bits per heavy atom. The van der Waals surface area contributed by atoms with Gasteiger partial charge in [0.1, 0.15) is 16.0 Å². The highest BCUT2D eigenvalue weighted by Crippen LogP contribution is 2.20. The maximum atomic E-state index is 11.7. The Labute approximate surface area is 120 Å². The van der Waals surface area contributed by atoms with Crippen molar-refractivity contribution >= 4 is 15.9 Å². The zero-order chi connectivity index (χ0) is 13.8. The number of halogens is 1. The molecule has 0 fully saturated rings. The van der Waals surface area contributed by atoms with Gasteiger partial charge in [-0.2, -0.15) is 0 Å². The third kappa shape index (κ3) is 3.23. The number of aromatic amines is 1. The van der Waals surface area contributed by atoms with Crippen LogP contribution in [0.3, 0.4) is 0 Å². The number of aromatic nitrogens is 2. The summed E-state index contributed by atoms with van der Waals surface area (Å²) in [5.41, 5.74) is 1.36. The average Bonchev–Trinajstić information content (AvgIpc) is 2.42. The highest BCUT2D eigenvalue weighted by atomic mass is 79.9. The van der Waals surface area contributed by atoms with Crippen LogP contribution in [-0.2, 0) is 0 Å². The molecule has 0 atom stereocenters. The second-order valence-electron chi connectivity index (χ2n) is 4.19. The van der Waals surface area contributed by atoms with E-state index in [-0.39, 0.29) is 5.56 Å². The van der Waals surface area contributed by atoms with Crippen LogP contribution < -0.4 is 10.3 Å². The van der Waals surface area contributed by atoms with E-state index in [0.717, 1.165) is 17.7 Å². The molecule has 1 heterocycles. The fraction of sp³-hybridized carbons (Fsp3) is 0.286. The predicted octanol–water partition coefficient (Wildman–Crippen LogP) is 3.30. The van der Waals surface area contributed by atoms with Gasteiger partial charge in [-0.3, -0.25) is 4.79 Å². The van der Waals surface area contributed by atoms with E-state index in [9.17, 15) is 4.79 Å². The van der Waals surface area contributed by atoms with Crippen molar-refractivity contribution in [2.45, 2.75) is 20.3 Å². The summed E-state index contributed by atoms with van der Waals surface area (Å²) in [7, 11) is 0. The molecule has 1 N–H and O–H groups in total. The number of benzene rings is 1. The van der Waals surface area contributed by atoms with Crippen molar-refractivity contribution in [1.29, 1.82) is 0 Å². The molecular formula is C14H15BrN2O2. The number of ether oxygens (including phenoxy) is 1. The highest BCUT2D eigenvalue weighted by Gasteiger charge is 2.07. The smallest absolute Gasteiger partial charge is 0.265 e. The van der Waals surface area contributed by atoms with Crippen LogP contribution in [0.2, 0.25) is 0 Å². The molecule has 0 amide bonds. The Balaban J connectivity index is 2.30. The molecule has 0 radical (unpaired) electrons. The Bertz CT molecular complexity index is 620. The quantitative estimate of drug-likeness (QED) is 0.939. The molecule has 0 saturated heterocycles. The fourth-order valence-electron chi connectivity index (χ4n) is 1.64. The Hall–Kier alpha value is -1.62. The lowest BCUT2D eigenvalue weighted by atomic mass is 10.2. The third-order valence-electron chi connectivity index (χ3n) is 2.63. The number of nitrogens with zero attached hydrogens (tertiary/aromatic N) is 1. The van der Waals surface area contributed by atoms with E-state index in [1.54, 1.807) is 6.92 Å². The van der Waals surface area contributed by atoms with E-state index in [1.165, 1.54) is 0 Å². The van der Waals surface area contributed by atoms with Crippen molar-refractivity contribution < 1.29 is 4.74 Å². The van der Waals surface area contributed by atoms with Crippen molar-refractivity contribution in [3.63, 3.8) is 0 Å². The van der Waals surface area contributed by atoms with Crippen molar-refractivity contribution in [3.8, 4) is 17.1 Å². The molecule has 2 rings (SSSR count). The lowest BCUT2D eigenvalue weighted by molar-refractivity contribution is 0.317. The van der Waals surface area contributed by atoms with Crippen molar-refractivity contribution in [3.05, 3.63) is 44.8 Å². The first-order valence-corrected chi connectivity index (χ1v) is 6.90. The molecule has 4 nitrogen and oxygen atoms in total. The van der Waals surface area contributed by atoms with Crippen LogP contribution in [0.5, 0.6) is 5.75 Å². The lowest BCUT2D eigenvalue weighted by Gasteiger charge is -2.06. The molecule has 0 aliphatic carbocycles. The number of rotatable bonds is 4. The number of nitrogens with one attached hydrogen (secondary N) is 1. The average molecular weight is 323 g/mol. The van der Waals surface area contributed by atoms with Gasteiger partial charge in [0.25, 0.3) is 5.56 Å². The van der Waals surface area contributed by atoms with E-state index < -0.39 is 0 Å². The van der Waals surface area contributed by atoms with Gasteiger partial charge < -0.3 is 9.72 Å². The number of H-pyrrole nitrogens is 1. The summed E-state index contributed by atoms with van der Waals surface area (Å²) in [6.07, 6.45) is 0.975. The molecule has 0 aliphatic heterocycles. The van der Waals surface area contributed by atoms with Gasteiger partial charge in [-0.1, -0.05) is 6.92 Å². The van der Waals surface area contributed by atoms with Gasteiger partial charge in [0.05, 0.1) is 12.3 Å². The first-order valence-electron chi connectivity index (χ1n) is 6.11. The van der Waals surface area contributed by atoms with Crippen LogP contribution in [0.4, 0.5) is 0 Å². The van der Waals surface area contributed by atoms with Crippen molar-refractivity contribution in [1.82, 2.24) is 9.97 Å². The van der Waals surface area contributed by atoms with Gasteiger partial charge in [0.15, 0.2) is 0 Å². The van der Waals surface area contributed by atoms with Crippen molar-refractivity contribution in [2.75, 3.05) is 6.61 Å². The standard InChI is InChI=1S/C14H15BrN2O2/c1-3-8-19-11-6-4-10(5-7-11)13-16-9(2)12(15)14(18)17-13/h4-7H,3,8H2,1-2H3,(H,16,17,18). The van der Waals surface area contributed by atoms with Gasteiger partial charge in [-0.15, -0.1) is 0 Å². The topological polar surface area (TPSA) is 55.0 Å². The molecular weight excluding hydrogens is 308 g/mol. The van der Waals surface area contributed by atoms with Gasteiger partial charge in [0, 0.05) is 5.56 Å². The monoisotopic (exact) mass is 322 g/mol. The molecule has 100 valence electrons. The molecule has 0 unspecified atom stereocenters. The van der Waals surface area contributed by atoms with E-state index in [4.69, 9.17) is 4.74 Å². The fourth-order valence-corrected chi connectivity index (χ4v) is 1.82. The molecule has 1 aromatic carbocycles. The van der Waals surface area contributed by atoms with Gasteiger partial charge in [-0.05, 0) is 53.5 Å². The first-order chi connectivity index (χ1) is 9.11. The van der Waals surface area contributed by atoms with Crippen molar-refractivity contribution in [2.24, 2.45) is 0 Å². The minimum Gasteiger partial charge on any atom is -0.494 e. The normalized spacial score (nSPS) is 10.5. The summed E-state index contributed by atoms with van der Waals surface area (Å²) >= 11 is 3.20. The SMILES string of the molecule is CCCOc1ccc(-c2nc(C)c(Br)c(=O)[nH]2)cc1. The van der Waals surface area contributed by atoms with Crippen LogP contribution in [0.15, 0.2) is 33.5 Å². The van der Waals surface area contributed by atoms with E-state index >= 15 is 0 Å². The van der Waals surface area contributed by atoms with Gasteiger partial charge >= 0.3 is 0 Å². The second-order valence-corrected chi connectivity index (χ2v) is 4.98. The molecule has 0 spiro atoms. The van der Waals surface area contributed by atoms with Gasteiger partial charge in [0.2, 0.25) is 0 Å². The second kappa shape index (κ2) is 6.02. The first kappa shape index (κ1) is 13.8. The Morgan fingerprint density at radius 3 is 2.58 bits per heavy atom. The van der Waals surface area contributed by atoms with Gasteiger partial charge in [-0.25, -0.2) is 4.98 Å². The van der Waals surface area contributed by atoms with E-state index in [1.807, 2.05) is 24.3 Å². The predicted molar refractivity (Wildman–Crippen MR) is 78.5 cm³/mol. The van der Waals surface area contributed by atoms with Crippen LogP contribution in [0.1, 0.15) is 19.0 Å². The summed E-state index contributed by atoms with van der Waals surface area (Å²) in [5.74, 6) is 1.38. The molecule has 2 aromatic rings. The van der Waals surface area contributed by atoms with Crippen LogP contribution >= 0.6 is 15.9 Å². The molecule has 0 saturated carbocycles. The molecule has 5 heteroatoms. The minimum atomic E-state index is -0.172. The summed E-state index contributed by atoms with van der Waals surface area (Å²) in [6, 6.07) is 7.53. The van der Waals surface area contributed by atoms with Crippen LogP contribution in [-0.4, -0.2) is 16.6 Å². The lowest BCUT2D eigenvalue weighted by Crippen LogP contribution is -2.11. The highest BCUT2D eigenvalue weighted by molar-refractivity contribution is 9.10. The molecule has 1 aromatic heterocycles. The van der Waals surface area contributed by atoms with E-state index in [0.29, 0.717) is 22.6 Å². The van der Waals surface area contributed by atoms with Crippen LogP contribution in [0.25, 0.3) is 11.4 Å². The largest absolute Gasteiger partial charge is 0.494 e. The molecule has 0 aliphatic rings. The number of hydrogen-bond acceptors (Lipinski definition) is 3. The zero-order valence-electron chi connectivity index (χ0n) is 10.9. The zero-order valence-corrected chi connectivity index (χ0v) is 12.5. The summed E-state index contributed by atoms with van der Waals surface area (Å²) in [6.45, 7) is 4.56. The maximum absolute atomic E-state index is 11.7. The Morgan fingerprint density at radius 1 is 1.32 bits per heavy atom. The molecule has 19 heavy (non-hydrogen) atoms. The Kier molecular flexibility index (Phi) is 4.37. The maximum Gasteiger partial charge on any atom is 0.265 e. The van der Waals surface area contributed by atoms with E-state index in [2.05, 4.69) is 32.8 Å².